The summed E-state index contributed by atoms with van der Waals surface area (Å²) >= 11 is 3.68. The van der Waals surface area contributed by atoms with E-state index in [1.165, 1.54) is 30.5 Å². The molecule has 6 atom stereocenters. The first kappa shape index (κ1) is 54.8. The number of hydrogen-bond donors (Lipinski definition) is 8. The summed E-state index contributed by atoms with van der Waals surface area (Å²) in [6.07, 6.45) is 7.11. The summed E-state index contributed by atoms with van der Waals surface area (Å²) in [7, 11) is 0. The van der Waals surface area contributed by atoms with Crippen molar-refractivity contribution in [3.8, 4) is 11.5 Å². The molecule has 0 amide bonds. The number of fused-ring (bicyclic) bond motifs is 4. The molecule has 0 aliphatic carbocycles. The van der Waals surface area contributed by atoms with E-state index in [4.69, 9.17) is 59.0 Å². The molecule has 20 heteroatoms. The Morgan fingerprint density at radius 3 is 1.32 bits per heavy atom. The highest BCUT2D eigenvalue weighted by Gasteiger charge is 2.31. The van der Waals surface area contributed by atoms with Crippen LogP contribution >= 0.6 is 22.7 Å². The number of aromatic amines is 2. The molecule has 6 heterocycles. The van der Waals surface area contributed by atoms with Crippen LogP contribution in [0.15, 0.2) is 97.3 Å². The number of ether oxygens (including phenoxy) is 2. The van der Waals surface area contributed by atoms with Crippen LogP contribution in [-0.2, 0) is 19.2 Å². The van der Waals surface area contributed by atoms with E-state index >= 15 is 0 Å². The van der Waals surface area contributed by atoms with Crippen LogP contribution in [0, 0.1) is 13.8 Å². The molecule has 10 rings (SSSR count). The first-order valence-corrected chi connectivity index (χ1v) is 26.0. The van der Waals surface area contributed by atoms with Crippen molar-refractivity contribution in [2.45, 2.75) is 89.5 Å². The minimum atomic E-state index is -1.82. The molecule has 8 N–H and O–H groups in total. The average Bonchev–Trinajstić information content (AvgIpc) is 4.22. The van der Waals surface area contributed by atoms with Crippen LogP contribution in [0.1, 0.15) is 72.5 Å². The summed E-state index contributed by atoms with van der Waals surface area (Å²) < 4.78 is 14.5. The van der Waals surface area contributed by atoms with Gasteiger partial charge < -0.3 is 50.1 Å². The Morgan fingerprint density at radius 1 is 0.595 bits per heavy atom. The molecule has 18 nitrogen and oxygen atoms in total. The number of carboxylic acid groups (broad SMARTS) is 4. The van der Waals surface area contributed by atoms with Crippen LogP contribution in [0.3, 0.4) is 0 Å². The predicted octanol–water partition coefficient (Wildman–Crippen LogP) is 8.50. The second-order valence-electron chi connectivity index (χ2n) is 18.6. The molecule has 2 aliphatic heterocycles. The van der Waals surface area contributed by atoms with E-state index in [0.29, 0.717) is 50.2 Å². The molecule has 0 spiro atoms. The number of rotatable bonds is 12. The van der Waals surface area contributed by atoms with Crippen molar-refractivity contribution in [2.75, 3.05) is 39.4 Å². The van der Waals surface area contributed by atoms with E-state index in [1.54, 1.807) is 0 Å². The van der Waals surface area contributed by atoms with Crippen LogP contribution in [0.5, 0.6) is 11.5 Å². The number of aliphatic hydroxyl groups excluding tert-OH is 2. The van der Waals surface area contributed by atoms with Gasteiger partial charge >= 0.3 is 23.9 Å². The third-order valence-electron chi connectivity index (χ3n) is 13.2. The molecular weight excluding hydrogens is 989 g/mol. The second kappa shape index (κ2) is 25.3. The van der Waals surface area contributed by atoms with Crippen LogP contribution in [-0.4, -0.2) is 148 Å². The van der Waals surface area contributed by atoms with Crippen molar-refractivity contribution in [1.29, 1.82) is 0 Å². The number of carboxylic acids is 4. The number of aliphatic hydroxyl groups is 2. The van der Waals surface area contributed by atoms with E-state index in [-0.39, 0.29) is 0 Å². The number of nitrogens with one attached hydrogen (secondary N) is 2. The number of carbonyl (C=O) groups is 4. The third-order valence-corrected chi connectivity index (χ3v) is 15.6. The lowest BCUT2D eigenvalue weighted by molar-refractivity contribution is -0.159. The Labute approximate surface area is 434 Å². The third kappa shape index (κ3) is 14.2. The topological polar surface area (TPSA) is 272 Å². The quantitative estimate of drug-likeness (QED) is 0.0533. The van der Waals surface area contributed by atoms with Gasteiger partial charge in [-0.25, -0.2) is 29.1 Å². The number of H-pyrrole nitrogens is 2. The van der Waals surface area contributed by atoms with Crippen LogP contribution in [0.4, 0.5) is 0 Å². The van der Waals surface area contributed by atoms with Crippen molar-refractivity contribution in [1.82, 2.24) is 29.7 Å². The number of benzene rings is 4. The van der Waals surface area contributed by atoms with Gasteiger partial charge in [-0.15, -0.1) is 22.7 Å². The van der Waals surface area contributed by atoms with Crippen LogP contribution < -0.4 is 9.47 Å². The van der Waals surface area contributed by atoms with Crippen molar-refractivity contribution >= 4 is 88.8 Å². The molecule has 2 aliphatic rings. The number of thiazole rings is 2. The maximum atomic E-state index is 10.6. The molecule has 2 saturated heterocycles. The second-order valence-corrected chi connectivity index (χ2v) is 20.7. The van der Waals surface area contributed by atoms with Gasteiger partial charge in [0, 0.05) is 71.2 Å². The zero-order valence-corrected chi connectivity index (χ0v) is 43.1. The standard InChI is InChI=1S/2C25H29N3O2S.2C2H2O4/c2*1-16-5-3-8-23-24(16)27-25(31-23)18-10-12-28(17(2)13-18)14-19(29)15-30-22-7-4-6-21-20(22)9-11-26-21;2*3-1(4)2(5)6/h2*3-9,11,17-19,26,29H,10,12-15H2,1-2H3;2*(H,3,4)(H,5,6)/t17-,18-,19+;17-,18-,19-;;/m10../s1. The minimum absolute atomic E-state index is 0.300. The lowest BCUT2D eigenvalue weighted by Crippen LogP contribution is -2.45. The summed E-state index contributed by atoms with van der Waals surface area (Å²) in [4.78, 5) is 57.5. The van der Waals surface area contributed by atoms with Gasteiger partial charge in [-0.05, 0) is 126 Å². The Hall–Kier alpha value is -6.94. The average molecular weight is 1050 g/mol. The molecule has 0 radical (unpaired) electrons. The highest BCUT2D eigenvalue weighted by molar-refractivity contribution is 7.19. The number of para-hydroxylation sites is 2. The van der Waals surface area contributed by atoms with Gasteiger partial charge in [-0.1, -0.05) is 36.4 Å². The maximum Gasteiger partial charge on any atom is 0.414 e. The summed E-state index contributed by atoms with van der Waals surface area (Å²) in [6.45, 7) is 12.6. The number of likely N-dealkylation sites (tertiary alicyclic amines) is 2. The molecule has 0 bridgehead atoms. The zero-order valence-electron chi connectivity index (χ0n) is 41.5. The monoisotopic (exact) mass is 1050 g/mol. The molecule has 0 saturated carbocycles. The van der Waals surface area contributed by atoms with Crippen molar-refractivity contribution in [3.05, 3.63) is 118 Å². The fraction of sp³-hybridized carbons (Fsp3) is 0.370. The smallest absolute Gasteiger partial charge is 0.414 e. The molecule has 4 aromatic heterocycles. The van der Waals surface area contributed by atoms with Gasteiger partial charge in [-0.2, -0.15) is 0 Å². The number of piperidine rings is 2. The summed E-state index contributed by atoms with van der Waals surface area (Å²) in [5.74, 6) is -4.66. The van der Waals surface area contributed by atoms with Crippen LogP contribution in [0.25, 0.3) is 42.2 Å². The first-order valence-electron chi connectivity index (χ1n) is 24.3. The predicted molar refractivity (Wildman–Crippen MR) is 285 cm³/mol. The summed E-state index contributed by atoms with van der Waals surface area (Å²) in [5.41, 5.74) is 6.92. The van der Waals surface area contributed by atoms with Crippen LogP contribution in [0.2, 0.25) is 0 Å². The fourth-order valence-electron chi connectivity index (χ4n) is 9.37. The molecule has 0 unspecified atom stereocenters. The van der Waals surface area contributed by atoms with Gasteiger partial charge in [0.1, 0.15) is 36.9 Å². The van der Waals surface area contributed by atoms with E-state index in [0.717, 1.165) is 83.1 Å². The minimum Gasteiger partial charge on any atom is -0.490 e. The van der Waals surface area contributed by atoms with Gasteiger partial charge in [0.25, 0.3) is 0 Å². The van der Waals surface area contributed by atoms with Crippen molar-refractivity contribution < 1.29 is 59.3 Å². The fourth-order valence-corrected chi connectivity index (χ4v) is 11.8. The van der Waals surface area contributed by atoms with E-state index in [2.05, 4.69) is 83.9 Å². The number of aliphatic carboxylic acids is 4. The Kier molecular flexibility index (Phi) is 18.8. The van der Waals surface area contributed by atoms with Crippen molar-refractivity contribution in [3.63, 3.8) is 0 Å². The SMILES string of the molecule is Cc1cccc2sc([C@@H]3CCN(C[C@H](O)COc4cccc5[nH]ccc45)[C@H](C)C3)nc12.Cc1cccc2sc([C@H]3CCN(C[C@H](O)COc4cccc5[nH]ccc45)[C@@H](C)C3)nc12.O=C(O)C(=O)O.O=C(O)C(=O)O. The van der Waals surface area contributed by atoms with Gasteiger partial charge in [0.05, 0.1) is 30.4 Å². The normalized spacial score (nSPS) is 18.8. The highest BCUT2D eigenvalue weighted by atomic mass is 32.1. The number of nitrogens with zero attached hydrogens (tertiary/aromatic N) is 4. The van der Waals surface area contributed by atoms with Gasteiger partial charge in [-0.3, -0.25) is 9.80 Å². The van der Waals surface area contributed by atoms with E-state index in [9.17, 15) is 10.2 Å². The zero-order chi connectivity index (χ0) is 53.1. The van der Waals surface area contributed by atoms with Crippen molar-refractivity contribution in [2.24, 2.45) is 0 Å². The molecule has 74 heavy (non-hydrogen) atoms. The Balaban J connectivity index is 0.000000177. The molecule has 4 aromatic carbocycles. The number of aromatic nitrogens is 4. The largest absolute Gasteiger partial charge is 0.490 e. The highest BCUT2D eigenvalue weighted by Crippen LogP contribution is 2.38. The lowest BCUT2D eigenvalue weighted by Gasteiger charge is -2.38. The molecule has 8 aromatic rings. The van der Waals surface area contributed by atoms with Gasteiger partial charge in [0.2, 0.25) is 0 Å². The Morgan fingerprint density at radius 2 is 0.973 bits per heavy atom. The van der Waals surface area contributed by atoms with E-state index < -0.39 is 36.1 Å². The first-order chi connectivity index (χ1) is 35.4. The lowest BCUT2D eigenvalue weighted by atomic mass is 9.92. The maximum absolute atomic E-state index is 10.6. The summed E-state index contributed by atoms with van der Waals surface area (Å²) in [5, 5.41) is 55.4. The number of hydrogen-bond acceptors (Lipinski definition) is 14. The molecular formula is C54H62N6O12S2. The Bertz CT molecular complexity index is 2950. The summed E-state index contributed by atoms with van der Waals surface area (Å²) in [6, 6.07) is 29.6. The van der Waals surface area contributed by atoms with E-state index in [1.807, 2.05) is 83.6 Å². The molecule has 392 valence electrons. The number of β-amino-alcohol motifs (C(OH)–C–C–N with tert-alkyl or cyclic N) is 2. The number of aryl methyl sites for hydroxylation is 2. The van der Waals surface area contributed by atoms with Gasteiger partial charge in [0.15, 0.2) is 0 Å². The molecule has 2 fully saturated rings.